The molecule has 0 spiro atoms. The van der Waals surface area contributed by atoms with Crippen LogP contribution in [0.4, 0.5) is 11.4 Å². The standard InChI is InChI=1S/C13H10BrNO2/c14-10-2-1-3-12(8-10)15-11-6-4-9(5-7-11)13(16)17/h1-8,15H,(H,16,17). The van der Waals surface area contributed by atoms with Crippen molar-refractivity contribution in [1.82, 2.24) is 0 Å². The minimum atomic E-state index is -0.918. The zero-order chi connectivity index (χ0) is 12.3. The molecule has 17 heavy (non-hydrogen) atoms. The van der Waals surface area contributed by atoms with Crippen molar-refractivity contribution < 1.29 is 9.90 Å². The fourth-order valence-corrected chi connectivity index (χ4v) is 1.83. The van der Waals surface area contributed by atoms with E-state index in [9.17, 15) is 4.79 Å². The molecule has 0 saturated heterocycles. The second kappa shape index (κ2) is 5.01. The molecule has 2 rings (SSSR count). The van der Waals surface area contributed by atoms with E-state index in [4.69, 9.17) is 5.11 Å². The van der Waals surface area contributed by atoms with Gasteiger partial charge in [-0.2, -0.15) is 0 Å². The summed E-state index contributed by atoms with van der Waals surface area (Å²) < 4.78 is 0.990. The normalized spacial score (nSPS) is 9.94. The summed E-state index contributed by atoms with van der Waals surface area (Å²) in [7, 11) is 0. The number of carboxylic acids is 1. The highest BCUT2D eigenvalue weighted by atomic mass is 79.9. The maximum Gasteiger partial charge on any atom is 0.335 e. The fraction of sp³-hybridized carbons (Fsp3) is 0. The average molecular weight is 292 g/mol. The van der Waals surface area contributed by atoms with Crippen molar-refractivity contribution >= 4 is 33.3 Å². The molecular formula is C13H10BrNO2. The molecule has 0 atom stereocenters. The number of carbonyl (C=O) groups is 1. The van der Waals surface area contributed by atoms with Crippen LogP contribution in [0, 0.1) is 0 Å². The zero-order valence-corrected chi connectivity index (χ0v) is 10.4. The van der Waals surface area contributed by atoms with E-state index in [2.05, 4.69) is 21.2 Å². The molecule has 0 aliphatic rings. The van der Waals surface area contributed by atoms with Crippen LogP contribution < -0.4 is 5.32 Å². The van der Waals surface area contributed by atoms with Gasteiger partial charge in [0.15, 0.2) is 0 Å². The third-order valence-corrected chi connectivity index (χ3v) is 2.74. The molecule has 3 nitrogen and oxygen atoms in total. The van der Waals surface area contributed by atoms with Gasteiger partial charge in [-0.3, -0.25) is 0 Å². The quantitative estimate of drug-likeness (QED) is 0.902. The Kier molecular flexibility index (Phi) is 3.44. The zero-order valence-electron chi connectivity index (χ0n) is 8.85. The fourth-order valence-electron chi connectivity index (χ4n) is 1.43. The van der Waals surface area contributed by atoms with Gasteiger partial charge in [-0.1, -0.05) is 22.0 Å². The first-order valence-corrected chi connectivity index (χ1v) is 5.80. The second-order valence-corrected chi connectivity index (χ2v) is 4.43. The number of halogens is 1. The first kappa shape index (κ1) is 11.7. The van der Waals surface area contributed by atoms with Crippen LogP contribution in [0.3, 0.4) is 0 Å². The Labute approximate surface area is 107 Å². The van der Waals surface area contributed by atoms with E-state index in [0.717, 1.165) is 15.8 Å². The van der Waals surface area contributed by atoms with Gasteiger partial charge in [0.1, 0.15) is 0 Å². The summed E-state index contributed by atoms with van der Waals surface area (Å²) >= 11 is 3.39. The lowest BCUT2D eigenvalue weighted by atomic mass is 10.2. The summed E-state index contributed by atoms with van der Waals surface area (Å²) in [6.07, 6.45) is 0. The summed E-state index contributed by atoms with van der Waals surface area (Å²) in [4.78, 5) is 10.7. The van der Waals surface area contributed by atoms with Crippen LogP contribution >= 0.6 is 15.9 Å². The van der Waals surface area contributed by atoms with Gasteiger partial charge in [0.25, 0.3) is 0 Å². The molecule has 0 aliphatic heterocycles. The molecule has 0 bridgehead atoms. The largest absolute Gasteiger partial charge is 0.478 e. The third-order valence-electron chi connectivity index (χ3n) is 2.25. The Morgan fingerprint density at radius 2 is 1.76 bits per heavy atom. The molecule has 4 heteroatoms. The molecule has 0 radical (unpaired) electrons. The number of anilines is 2. The molecule has 0 saturated carbocycles. The number of hydrogen-bond acceptors (Lipinski definition) is 2. The molecule has 0 aromatic heterocycles. The average Bonchev–Trinajstić information content (AvgIpc) is 2.29. The van der Waals surface area contributed by atoms with E-state index in [0.29, 0.717) is 0 Å². The summed E-state index contributed by atoms with van der Waals surface area (Å²) in [6, 6.07) is 14.4. The van der Waals surface area contributed by atoms with Gasteiger partial charge in [0.05, 0.1) is 5.56 Å². The van der Waals surface area contributed by atoms with Crippen molar-refractivity contribution in [3.05, 3.63) is 58.6 Å². The summed E-state index contributed by atoms with van der Waals surface area (Å²) in [6.45, 7) is 0. The van der Waals surface area contributed by atoms with Crippen LogP contribution in [0.25, 0.3) is 0 Å². The van der Waals surface area contributed by atoms with Crippen LogP contribution in [-0.4, -0.2) is 11.1 Å². The van der Waals surface area contributed by atoms with Crippen LogP contribution in [-0.2, 0) is 0 Å². The van der Waals surface area contributed by atoms with Crippen molar-refractivity contribution in [3.63, 3.8) is 0 Å². The highest BCUT2D eigenvalue weighted by Gasteiger charge is 2.01. The lowest BCUT2D eigenvalue weighted by molar-refractivity contribution is 0.0697. The summed E-state index contributed by atoms with van der Waals surface area (Å²) in [5.41, 5.74) is 2.08. The SMILES string of the molecule is O=C(O)c1ccc(Nc2cccc(Br)c2)cc1. The van der Waals surface area contributed by atoms with Gasteiger partial charge in [0, 0.05) is 15.8 Å². The number of hydrogen-bond donors (Lipinski definition) is 2. The van der Waals surface area contributed by atoms with E-state index in [1.807, 2.05) is 24.3 Å². The Morgan fingerprint density at radius 3 is 2.35 bits per heavy atom. The molecule has 2 aromatic carbocycles. The minimum Gasteiger partial charge on any atom is -0.478 e. The van der Waals surface area contributed by atoms with E-state index in [1.54, 1.807) is 24.3 Å². The van der Waals surface area contributed by atoms with Gasteiger partial charge < -0.3 is 10.4 Å². The van der Waals surface area contributed by atoms with Gasteiger partial charge >= 0.3 is 5.97 Å². The van der Waals surface area contributed by atoms with Crippen LogP contribution in [0.2, 0.25) is 0 Å². The van der Waals surface area contributed by atoms with Gasteiger partial charge in [0.2, 0.25) is 0 Å². The number of nitrogens with one attached hydrogen (secondary N) is 1. The smallest absolute Gasteiger partial charge is 0.335 e. The number of benzene rings is 2. The maximum absolute atomic E-state index is 10.7. The van der Waals surface area contributed by atoms with Crippen LogP contribution in [0.15, 0.2) is 53.0 Å². The van der Waals surface area contributed by atoms with Gasteiger partial charge in [-0.05, 0) is 42.5 Å². The lowest BCUT2D eigenvalue weighted by Gasteiger charge is -2.06. The molecule has 0 fully saturated rings. The number of carboxylic acid groups (broad SMARTS) is 1. The molecule has 0 heterocycles. The van der Waals surface area contributed by atoms with Crippen molar-refractivity contribution in [3.8, 4) is 0 Å². The molecule has 2 N–H and O–H groups in total. The van der Waals surface area contributed by atoms with E-state index >= 15 is 0 Å². The first-order chi connectivity index (χ1) is 8.15. The van der Waals surface area contributed by atoms with Crippen molar-refractivity contribution in [2.75, 3.05) is 5.32 Å². The Hall–Kier alpha value is -1.81. The van der Waals surface area contributed by atoms with Gasteiger partial charge in [-0.15, -0.1) is 0 Å². The van der Waals surface area contributed by atoms with E-state index in [1.165, 1.54) is 0 Å². The topological polar surface area (TPSA) is 49.3 Å². The minimum absolute atomic E-state index is 0.282. The van der Waals surface area contributed by atoms with Crippen molar-refractivity contribution in [1.29, 1.82) is 0 Å². The second-order valence-electron chi connectivity index (χ2n) is 3.52. The Bertz CT molecular complexity index is 537. The number of rotatable bonds is 3. The summed E-state index contributed by atoms with van der Waals surface area (Å²) in [5, 5.41) is 12.0. The molecule has 0 amide bonds. The first-order valence-electron chi connectivity index (χ1n) is 5.01. The highest BCUT2D eigenvalue weighted by Crippen LogP contribution is 2.20. The molecule has 86 valence electrons. The number of aromatic carboxylic acids is 1. The lowest BCUT2D eigenvalue weighted by Crippen LogP contribution is -1.96. The molecular weight excluding hydrogens is 282 g/mol. The summed E-state index contributed by atoms with van der Waals surface area (Å²) in [5.74, 6) is -0.918. The predicted molar refractivity (Wildman–Crippen MR) is 70.8 cm³/mol. The maximum atomic E-state index is 10.7. The van der Waals surface area contributed by atoms with Crippen molar-refractivity contribution in [2.45, 2.75) is 0 Å². The van der Waals surface area contributed by atoms with Crippen LogP contribution in [0.1, 0.15) is 10.4 Å². The third kappa shape index (κ3) is 3.07. The van der Waals surface area contributed by atoms with Gasteiger partial charge in [-0.25, -0.2) is 4.79 Å². The Morgan fingerprint density at radius 1 is 1.06 bits per heavy atom. The highest BCUT2D eigenvalue weighted by molar-refractivity contribution is 9.10. The van der Waals surface area contributed by atoms with E-state index < -0.39 is 5.97 Å². The predicted octanol–water partition coefficient (Wildman–Crippen LogP) is 3.89. The molecule has 2 aromatic rings. The van der Waals surface area contributed by atoms with Crippen LogP contribution in [0.5, 0.6) is 0 Å². The van der Waals surface area contributed by atoms with Crippen molar-refractivity contribution in [2.24, 2.45) is 0 Å². The monoisotopic (exact) mass is 291 g/mol. The Balaban J connectivity index is 2.16. The molecule has 0 aliphatic carbocycles. The molecule has 0 unspecified atom stereocenters. The van der Waals surface area contributed by atoms with E-state index in [-0.39, 0.29) is 5.56 Å².